The van der Waals surface area contributed by atoms with Crippen molar-refractivity contribution in [3.05, 3.63) is 83.2 Å². The molecule has 1 atom stereocenters. The molecule has 1 aromatic heterocycles. The first-order chi connectivity index (χ1) is 12.2. The topological polar surface area (TPSA) is 85.4 Å². The van der Waals surface area contributed by atoms with Gasteiger partial charge in [-0.2, -0.15) is 10.5 Å². The summed E-state index contributed by atoms with van der Waals surface area (Å²) in [5, 5.41) is 21.6. The Labute approximate surface area is 146 Å². The average Bonchev–Trinajstić information content (AvgIpc) is 2.65. The van der Waals surface area contributed by atoms with E-state index in [2.05, 4.69) is 27.4 Å². The van der Waals surface area contributed by atoms with E-state index in [0.717, 1.165) is 16.8 Å². The number of hydrogen-bond donors (Lipinski definition) is 1. The lowest BCUT2D eigenvalue weighted by Gasteiger charge is -2.13. The van der Waals surface area contributed by atoms with Gasteiger partial charge in [-0.3, -0.25) is 0 Å². The summed E-state index contributed by atoms with van der Waals surface area (Å²) in [6.07, 6.45) is 1.64. The van der Waals surface area contributed by atoms with Crippen LogP contribution in [0.5, 0.6) is 0 Å². The van der Waals surface area contributed by atoms with Crippen molar-refractivity contribution in [1.29, 1.82) is 10.5 Å². The van der Waals surface area contributed by atoms with Gasteiger partial charge in [0.05, 0.1) is 23.4 Å². The minimum Gasteiger partial charge on any atom is -0.324 e. The lowest BCUT2D eigenvalue weighted by Crippen LogP contribution is -2.06. The van der Waals surface area contributed by atoms with E-state index in [4.69, 9.17) is 5.26 Å². The minimum absolute atomic E-state index is 0.413. The fourth-order valence-electron chi connectivity index (χ4n) is 2.56. The standard InChI is InChI=1S/C20H15N5/c1-14-4-2-3-5-17(14)18(13-22)19-10-11-23-20(25-19)24-16-8-6-15(12-21)7-9-16/h2-11,18H,1H3,(H,23,24,25). The molecule has 0 aliphatic heterocycles. The van der Waals surface area contributed by atoms with Crippen LogP contribution in [0.2, 0.25) is 0 Å². The third-order valence-electron chi connectivity index (χ3n) is 3.87. The average molecular weight is 325 g/mol. The van der Waals surface area contributed by atoms with Gasteiger partial charge in [-0.15, -0.1) is 0 Å². The van der Waals surface area contributed by atoms with Crippen molar-refractivity contribution in [2.24, 2.45) is 0 Å². The molecule has 0 saturated carbocycles. The maximum Gasteiger partial charge on any atom is 0.227 e. The predicted octanol–water partition coefficient (Wildman–Crippen LogP) is 4.06. The van der Waals surface area contributed by atoms with Crippen LogP contribution >= 0.6 is 0 Å². The van der Waals surface area contributed by atoms with E-state index in [-0.39, 0.29) is 0 Å². The summed E-state index contributed by atoms with van der Waals surface area (Å²) < 4.78 is 0. The maximum absolute atomic E-state index is 9.63. The number of aryl methyl sites for hydroxylation is 1. The Morgan fingerprint density at radius 2 is 1.76 bits per heavy atom. The normalized spacial score (nSPS) is 11.2. The fraction of sp³-hybridized carbons (Fsp3) is 0.100. The number of anilines is 2. The summed E-state index contributed by atoms with van der Waals surface area (Å²) in [7, 11) is 0. The Balaban J connectivity index is 1.89. The monoisotopic (exact) mass is 325 g/mol. The number of aromatic nitrogens is 2. The van der Waals surface area contributed by atoms with E-state index in [1.807, 2.05) is 31.2 Å². The van der Waals surface area contributed by atoms with E-state index >= 15 is 0 Å². The Morgan fingerprint density at radius 3 is 2.44 bits per heavy atom. The van der Waals surface area contributed by atoms with Gasteiger partial charge in [0, 0.05) is 11.9 Å². The second kappa shape index (κ2) is 7.25. The van der Waals surface area contributed by atoms with Gasteiger partial charge >= 0.3 is 0 Å². The molecule has 2 aromatic carbocycles. The zero-order chi connectivity index (χ0) is 17.6. The zero-order valence-electron chi connectivity index (χ0n) is 13.6. The van der Waals surface area contributed by atoms with Crippen molar-refractivity contribution >= 4 is 11.6 Å². The second-order valence-electron chi connectivity index (χ2n) is 5.54. The molecule has 0 bridgehead atoms. The number of hydrogen-bond acceptors (Lipinski definition) is 5. The third kappa shape index (κ3) is 3.63. The van der Waals surface area contributed by atoms with Crippen molar-refractivity contribution in [3.8, 4) is 12.1 Å². The van der Waals surface area contributed by atoms with Crippen LogP contribution in [0.15, 0.2) is 60.8 Å². The molecule has 1 N–H and O–H groups in total. The molecule has 5 nitrogen and oxygen atoms in total. The van der Waals surface area contributed by atoms with Gasteiger partial charge in [0.15, 0.2) is 0 Å². The van der Waals surface area contributed by atoms with Crippen molar-refractivity contribution in [2.75, 3.05) is 5.32 Å². The number of nitrogens with zero attached hydrogens (tertiary/aromatic N) is 4. The summed E-state index contributed by atoms with van der Waals surface area (Å²) >= 11 is 0. The zero-order valence-corrected chi connectivity index (χ0v) is 13.6. The predicted molar refractivity (Wildman–Crippen MR) is 95.1 cm³/mol. The summed E-state index contributed by atoms with van der Waals surface area (Å²) in [5.41, 5.74) is 4.00. The molecule has 3 rings (SSSR count). The summed E-state index contributed by atoms with van der Waals surface area (Å²) in [5.74, 6) is -0.0400. The number of nitrogens with one attached hydrogen (secondary N) is 1. The lowest BCUT2D eigenvalue weighted by atomic mass is 9.93. The van der Waals surface area contributed by atoms with Gasteiger partial charge in [-0.05, 0) is 48.4 Å². The molecule has 0 aliphatic rings. The van der Waals surface area contributed by atoms with Crippen LogP contribution in [0.4, 0.5) is 11.6 Å². The Morgan fingerprint density at radius 1 is 1.00 bits per heavy atom. The molecule has 25 heavy (non-hydrogen) atoms. The fourth-order valence-corrected chi connectivity index (χ4v) is 2.56. The molecule has 0 amide bonds. The van der Waals surface area contributed by atoms with Crippen molar-refractivity contribution < 1.29 is 0 Å². The largest absolute Gasteiger partial charge is 0.324 e. The first-order valence-corrected chi connectivity index (χ1v) is 7.76. The number of nitriles is 2. The van der Waals surface area contributed by atoms with Crippen LogP contribution in [0, 0.1) is 29.6 Å². The van der Waals surface area contributed by atoms with Gasteiger partial charge in [-0.1, -0.05) is 24.3 Å². The van der Waals surface area contributed by atoms with E-state index in [9.17, 15) is 5.26 Å². The molecule has 120 valence electrons. The van der Waals surface area contributed by atoms with E-state index < -0.39 is 5.92 Å². The molecule has 3 aromatic rings. The first kappa shape index (κ1) is 16.2. The van der Waals surface area contributed by atoms with Crippen LogP contribution in [0.1, 0.15) is 28.3 Å². The molecule has 0 radical (unpaired) electrons. The van der Waals surface area contributed by atoms with Gasteiger partial charge in [0.25, 0.3) is 0 Å². The lowest BCUT2D eigenvalue weighted by molar-refractivity contribution is 0.938. The molecule has 0 fully saturated rings. The molecular weight excluding hydrogens is 310 g/mol. The summed E-state index contributed by atoms with van der Waals surface area (Å²) in [4.78, 5) is 8.70. The van der Waals surface area contributed by atoms with Crippen LogP contribution < -0.4 is 5.32 Å². The van der Waals surface area contributed by atoms with Crippen molar-refractivity contribution in [1.82, 2.24) is 9.97 Å². The van der Waals surface area contributed by atoms with Gasteiger partial charge < -0.3 is 5.32 Å². The van der Waals surface area contributed by atoms with Crippen molar-refractivity contribution in [2.45, 2.75) is 12.8 Å². The van der Waals surface area contributed by atoms with Crippen molar-refractivity contribution in [3.63, 3.8) is 0 Å². The van der Waals surface area contributed by atoms with Crippen LogP contribution in [0.25, 0.3) is 0 Å². The highest BCUT2D eigenvalue weighted by molar-refractivity contribution is 5.55. The molecule has 0 saturated heterocycles. The molecule has 0 spiro atoms. The van der Waals surface area contributed by atoms with Crippen LogP contribution in [-0.4, -0.2) is 9.97 Å². The van der Waals surface area contributed by atoms with Gasteiger partial charge in [0.1, 0.15) is 5.92 Å². The van der Waals surface area contributed by atoms with E-state index in [1.165, 1.54) is 0 Å². The minimum atomic E-state index is -0.453. The van der Waals surface area contributed by atoms with E-state index in [1.54, 1.807) is 36.5 Å². The second-order valence-corrected chi connectivity index (χ2v) is 5.54. The summed E-state index contributed by atoms with van der Waals surface area (Å²) in [6, 6.07) is 21.0. The highest BCUT2D eigenvalue weighted by atomic mass is 15.1. The highest BCUT2D eigenvalue weighted by Gasteiger charge is 2.17. The Bertz CT molecular complexity index is 964. The smallest absolute Gasteiger partial charge is 0.227 e. The quantitative estimate of drug-likeness (QED) is 0.782. The first-order valence-electron chi connectivity index (χ1n) is 7.76. The third-order valence-corrected chi connectivity index (χ3v) is 3.87. The van der Waals surface area contributed by atoms with Gasteiger partial charge in [0.2, 0.25) is 5.95 Å². The SMILES string of the molecule is Cc1ccccc1C(C#N)c1ccnc(Nc2ccc(C#N)cc2)n1. The molecule has 1 heterocycles. The molecule has 1 unspecified atom stereocenters. The van der Waals surface area contributed by atoms with Crippen LogP contribution in [0.3, 0.4) is 0 Å². The Kier molecular flexibility index (Phi) is 4.69. The molecular formula is C20H15N5. The summed E-state index contributed by atoms with van der Waals surface area (Å²) in [6.45, 7) is 1.98. The van der Waals surface area contributed by atoms with E-state index in [0.29, 0.717) is 17.2 Å². The molecule has 5 heteroatoms. The highest BCUT2D eigenvalue weighted by Crippen LogP contribution is 2.26. The van der Waals surface area contributed by atoms with Gasteiger partial charge in [-0.25, -0.2) is 9.97 Å². The van der Waals surface area contributed by atoms with Crippen LogP contribution in [-0.2, 0) is 0 Å². The molecule has 0 aliphatic carbocycles. The number of benzene rings is 2. The number of rotatable bonds is 4. The Hall–Kier alpha value is -3.70. The maximum atomic E-state index is 9.63.